The zero-order valence-electron chi connectivity index (χ0n) is 8.16. The highest BCUT2D eigenvalue weighted by Crippen LogP contribution is 2.06. The molecule has 13 heavy (non-hydrogen) atoms. The number of carbonyl (C=O) groups is 1. The molecule has 1 heterocycles. The number of unbranched alkanes of at least 4 members (excludes halogenated alkanes) is 1. The summed E-state index contributed by atoms with van der Waals surface area (Å²) in [4.78, 5) is 13.2. The Bertz CT molecular complexity index is 173. The Morgan fingerprint density at radius 1 is 1.69 bits per heavy atom. The molecule has 0 aromatic rings. The number of rotatable bonds is 4. The summed E-state index contributed by atoms with van der Waals surface area (Å²) in [6.45, 7) is 4.32. The normalized spacial score (nSPS) is 23.7. The van der Waals surface area contributed by atoms with Crippen LogP contribution >= 0.6 is 0 Å². The first kappa shape index (κ1) is 10.5. The maximum Gasteiger partial charge on any atom is 0.248 e. The first-order valence-electron chi connectivity index (χ1n) is 4.87. The number of ether oxygens (including phenoxy) is 1. The van der Waals surface area contributed by atoms with Crippen LogP contribution in [0.15, 0.2) is 0 Å². The van der Waals surface area contributed by atoms with Crippen LogP contribution in [0.4, 0.5) is 0 Å². The van der Waals surface area contributed by atoms with E-state index in [4.69, 9.17) is 10.5 Å². The molecule has 0 radical (unpaired) electrons. The van der Waals surface area contributed by atoms with E-state index in [-0.39, 0.29) is 18.6 Å². The second-order valence-electron chi connectivity index (χ2n) is 3.36. The van der Waals surface area contributed by atoms with Gasteiger partial charge >= 0.3 is 0 Å². The van der Waals surface area contributed by atoms with E-state index < -0.39 is 0 Å². The molecule has 1 fully saturated rings. The number of amides is 1. The van der Waals surface area contributed by atoms with Gasteiger partial charge < -0.3 is 15.4 Å². The molecule has 0 bridgehead atoms. The lowest BCUT2D eigenvalue weighted by Crippen LogP contribution is -2.49. The molecular formula is C9H18N2O2. The minimum atomic E-state index is 0.0366. The van der Waals surface area contributed by atoms with Gasteiger partial charge in [0.2, 0.25) is 5.91 Å². The lowest BCUT2D eigenvalue weighted by Gasteiger charge is -2.32. The molecule has 0 aliphatic carbocycles. The highest BCUT2D eigenvalue weighted by molar-refractivity contribution is 5.78. The summed E-state index contributed by atoms with van der Waals surface area (Å²) < 4.78 is 5.23. The molecule has 1 aliphatic heterocycles. The molecule has 0 aromatic carbocycles. The van der Waals surface area contributed by atoms with Crippen LogP contribution in [0, 0.1) is 0 Å². The van der Waals surface area contributed by atoms with Gasteiger partial charge in [-0.05, 0) is 6.42 Å². The molecule has 4 heteroatoms. The summed E-state index contributed by atoms with van der Waals surface area (Å²) in [5.74, 6) is 0.0955. The lowest BCUT2D eigenvalue weighted by molar-refractivity contribution is -0.148. The van der Waals surface area contributed by atoms with Crippen molar-refractivity contribution >= 4 is 5.91 Å². The molecular weight excluding hydrogens is 168 g/mol. The lowest BCUT2D eigenvalue weighted by atomic mass is 10.2. The van der Waals surface area contributed by atoms with Crippen molar-refractivity contribution in [2.24, 2.45) is 5.73 Å². The number of hydrogen-bond donors (Lipinski definition) is 1. The monoisotopic (exact) mass is 186 g/mol. The highest BCUT2D eigenvalue weighted by atomic mass is 16.5. The first-order chi connectivity index (χ1) is 6.27. The van der Waals surface area contributed by atoms with Crippen LogP contribution in [0.3, 0.4) is 0 Å². The predicted octanol–water partition coefficient (Wildman–Crippen LogP) is -0.0274. The van der Waals surface area contributed by atoms with Crippen LogP contribution in [0.5, 0.6) is 0 Å². The molecule has 1 unspecified atom stereocenters. The molecule has 2 N–H and O–H groups in total. The van der Waals surface area contributed by atoms with E-state index >= 15 is 0 Å². The van der Waals surface area contributed by atoms with E-state index in [0.717, 1.165) is 19.4 Å². The topological polar surface area (TPSA) is 55.6 Å². The van der Waals surface area contributed by atoms with Gasteiger partial charge in [0, 0.05) is 19.6 Å². The van der Waals surface area contributed by atoms with E-state index in [2.05, 4.69) is 6.92 Å². The SMILES string of the molecule is CCCCN1CC(CN)OCC1=O. The van der Waals surface area contributed by atoms with Gasteiger partial charge in [0.15, 0.2) is 0 Å². The van der Waals surface area contributed by atoms with Crippen LogP contribution in [0.1, 0.15) is 19.8 Å². The molecule has 1 saturated heterocycles. The third kappa shape index (κ3) is 2.97. The van der Waals surface area contributed by atoms with Crippen molar-refractivity contribution in [1.82, 2.24) is 4.90 Å². The zero-order valence-corrected chi connectivity index (χ0v) is 8.16. The van der Waals surface area contributed by atoms with E-state index in [9.17, 15) is 4.79 Å². The highest BCUT2D eigenvalue weighted by Gasteiger charge is 2.24. The van der Waals surface area contributed by atoms with Crippen LogP contribution in [-0.4, -0.2) is 43.2 Å². The maximum absolute atomic E-state index is 11.3. The second-order valence-corrected chi connectivity index (χ2v) is 3.36. The Kier molecular flexibility index (Phi) is 4.18. The van der Waals surface area contributed by atoms with E-state index in [1.54, 1.807) is 0 Å². The summed E-state index contributed by atoms with van der Waals surface area (Å²) in [6, 6.07) is 0. The van der Waals surface area contributed by atoms with Gasteiger partial charge in [-0.25, -0.2) is 0 Å². The molecule has 76 valence electrons. The largest absolute Gasteiger partial charge is 0.365 e. The van der Waals surface area contributed by atoms with Crippen LogP contribution in [0.25, 0.3) is 0 Å². The molecule has 0 saturated carbocycles. The average Bonchev–Trinajstić information content (AvgIpc) is 2.17. The Hall–Kier alpha value is -0.610. The standard InChI is InChI=1S/C9H18N2O2/c1-2-3-4-11-6-8(5-10)13-7-9(11)12/h8H,2-7,10H2,1H3. The van der Waals surface area contributed by atoms with Crippen LogP contribution in [-0.2, 0) is 9.53 Å². The Labute approximate surface area is 79.0 Å². The summed E-state index contributed by atoms with van der Waals surface area (Å²) >= 11 is 0. The van der Waals surface area contributed by atoms with Gasteiger partial charge in [0.1, 0.15) is 6.61 Å². The van der Waals surface area contributed by atoms with Gasteiger partial charge in [0.25, 0.3) is 0 Å². The molecule has 1 atom stereocenters. The van der Waals surface area contributed by atoms with Crippen molar-refractivity contribution in [2.75, 3.05) is 26.2 Å². The fourth-order valence-corrected chi connectivity index (χ4v) is 1.39. The summed E-state index contributed by atoms with van der Waals surface area (Å²) in [5.41, 5.74) is 5.48. The molecule has 1 amide bonds. The summed E-state index contributed by atoms with van der Waals surface area (Å²) in [7, 11) is 0. The quantitative estimate of drug-likeness (QED) is 0.671. The van der Waals surface area contributed by atoms with E-state index in [0.29, 0.717) is 13.1 Å². The van der Waals surface area contributed by atoms with Gasteiger partial charge in [-0.1, -0.05) is 13.3 Å². The smallest absolute Gasteiger partial charge is 0.248 e. The minimum absolute atomic E-state index is 0.0366. The maximum atomic E-state index is 11.3. The minimum Gasteiger partial charge on any atom is -0.365 e. The van der Waals surface area contributed by atoms with Crippen molar-refractivity contribution in [2.45, 2.75) is 25.9 Å². The molecule has 0 aromatic heterocycles. The molecule has 1 aliphatic rings. The number of nitrogens with zero attached hydrogens (tertiary/aromatic N) is 1. The fourth-order valence-electron chi connectivity index (χ4n) is 1.39. The third-order valence-electron chi connectivity index (χ3n) is 2.26. The average molecular weight is 186 g/mol. The van der Waals surface area contributed by atoms with Crippen molar-refractivity contribution in [3.05, 3.63) is 0 Å². The fraction of sp³-hybridized carbons (Fsp3) is 0.889. The number of nitrogens with two attached hydrogens (primary N) is 1. The van der Waals surface area contributed by atoms with Crippen molar-refractivity contribution in [1.29, 1.82) is 0 Å². The number of hydrogen-bond acceptors (Lipinski definition) is 3. The Balaban J connectivity index is 2.36. The molecule has 1 rings (SSSR count). The third-order valence-corrected chi connectivity index (χ3v) is 2.26. The van der Waals surface area contributed by atoms with Gasteiger partial charge in [0.05, 0.1) is 6.10 Å². The van der Waals surface area contributed by atoms with Crippen LogP contribution in [0.2, 0.25) is 0 Å². The Morgan fingerprint density at radius 3 is 3.08 bits per heavy atom. The first-order valence-corrected chi connectivity index (χ1v) is 4.87. The molecule has 4 nitrogen and oxygen atoms in total. The summed E-state index contributed by atoms with van der Waals surface area (Å²) in [5, 5.41) is 0. The second kappa shape index (κ2) is 5.19. The van der Waals surface area contributed by atoms with Crippen molar-refractivity contribution in [3.8, 4) is 0 Å². The number of morpholine rings is 1. The number of carbonyl (C=O) groups excluding carboxylic acids is 1. The van der Waals surface area contributed by atoms with Gasteiger partial charge in [-0.3, -0.25) is 4.79 Å². The van der Waals surface area contributed by atoms with Gasteiger partial charge in [-0.15, -0.1) is 0 Å². The van der Waals surface area contributed by atoms with Crippen molar-refractivity contribution in [3.63, 3.8) is 0 Å². The van der Waals surface area contributed by atoms with Crippen LogP contribution < -0.4 is 5.73 Å². The zero-order chi connectivity index (χ0) is 9.68. The predicted molar refractivity (Wildman–Crippen MR) is 50.3 cm³/mol. The van der Waals surface area contributed by atoms with Crippen molar-refractivity contribution < 1.29 is 9.53 Å². The summed E-state index contributed by atoms with van der Waals surface area (Å²) in [6.07, 6.45) is 2.20. The Morgan fingerprint density at radius 2 is 2.46 bits per heavy atom. The van der Waals surface area contributed by atoms with E-state index in [1.165, 1.54) is 0 Å². The van der Waals surface area contributed by atoms with Gasteiger partial charge in [-0.2, -0.15) is 0 Å². The molecule has 0 spiro atoms. The van der Waals surface area contributed by atoms with E-state index in [1.807, 2.05) is 4.90 Å².